The lowest BCUT2D eigenvalue weighted by molar-refractivity contribution is -0.157. The third kappa shape index (κ3) is 4.42. The van der Waals surface area contributed by atoms with Crippen molar-refractivity contribution in [3.8, 4) is 5.75 Å². The number of carbonyl (C=O) groups is 1. The molecule has 3 fully saturated rings. The standard InChI is InChI=1S/C34H42O5/c1-22(35)39-27-15-17-32(2)25(19-27)20-34(37,31-28-13-14-30(36)33(28,3)18-16-29(31)32)24-9-11-26(12-10-24)38-21-23-7-5-4-6-8-23/h4-12,20,27-31,36-37H,13-19,21H2,1-3H3/t27-,28-,29-,30-,31-,32-,33-,34+/m0/s1. The molecule has 2 aromatic carbocycles. The van der Waals surface area contributed by atoms with Crippen LogP contribution in [0.1, 0.15) is 76.8 Å². The molecule has 2 N–H and O–H groups in total. The summed E-state index contributed by atoms with van der Waals surface area (Å²) in [5.41, 5.74) is 1.83. The van der Waals surface area contributed by atoms with Gasteiger partial charge in [0, 0.05) is 19.3 Å². The summed E-state index contributed by atoms with van der Waals surface area (Å²) >= 11 is 0. The van der Waals surface area contributed by atoms with Crippen molar-refractivity contribution in [2.24, 2.45) is 28.6 Å². The molecule has 5 nitrogen and oxygen atoms in total. The highest BCUT2D eigenvalue weighted by molar-refractivity contribution is 5.66. The van der Waals surface area contributed by atoms with Gasteiger partial charge in [-0.1, -0.05) is 61.9 Å². The molecule has 0 amide bonds. The Labute approximate surface area is 232 Å². The van der Waals surface area contributed by atoms with Crippen LogP contribution in [0.25, 0.3) is 0 Å². The van der Waals surface area contributed by atoms with Crippen molar-refractivity contribution in [2.45, 2.75) is 90.1 Å². The zero-order valence-electron chi connectivity index (χ0n) is 23.4. The quantitative estimate of drug-likeness (QED) is 0.350. The number of carbonyl (C=O) groups excluding carboxylic acids is 1. The van der Waals surface area contributed by atoms with Gasteiger partial charge >= 0.3 is 5.97 Å². The molecule has 3 saturated carbocycles. The first kappa shape index (κ1) is 26.6. The van der Waals surface area contributed by atoms with Crippen LogP contribution in [0.15, 0.2) is 66.2 Å². The maximum absolute atomic E-state index is 12.8. The van der Waals surface area contributed by atoms with Crippen molar-refractivity contribution in [1.82, 2.24) is 0 Å². The predicted molar refractivity (Wildman–Crippen MR) is 150 cm³/mol. The number of esters is 1. The second kappa shape index (κ2) is 9.78. The zero-order valence-corrected chi connectivity index (χ0v) is 23.4. The van der Waals surface area contributed by atoms with Crippen molar-refractivity contribution >= 4 is 5.97 Å². The van der Waals surface area contributed by atoms with E-state index in [0.29, 0.717) is 18.9 Å². The van der Waals surface area contributed by atoms with E-state index in [9.17, 15) is 15.0 Å². The van der Waals surface area contributed by atoms with Gasteiger partial charge in [0.05, 0.1) is 6.10 Å². The lowest BCUT2D eigenvalue weighted by Crippen LogP contribution is -2.58. The van der Waals surface area contributed by atoms with Crippen LogP contribution >= 0.6 is 0 Å². The van der Waals surface area contributed by atoms with E-state index in [2.05, 4.69) is 19.9 Å². The maximum Gasteiger partial charge on any atom is 0.302 e. The monoisotopic (exact) mass is 530 g/mol. The van der Waals surface area contributed by atoms with Gasteiger partial charge in [0.1, 0.15) is 24.1 Å². The largest absolute Gasteiger partial charge is 0.489 e. The fraction of sp³-hybridized carbons (Fsp3) is 0.559. The third-order valence-corrected chi connectivity index (χ3v) is 11.0. The van der Waals surface area contributed by atoms with Gasteiger partial charge < -0.3 is 19.7 Å². The summed E-state index contributed by atoms with van der Waals surface area (Å²) in [6.45, 7) is 6.58. The highest BCUT2D eigenvalue weighted by Crippen LogP contribution is 2.68. The van der Waals surface area contributed by atoms with Crippen molar-refractivity contribution in [3.63, 3.8) is 0 Å². The maximum atomic E-state index is 12.8. The highest BCUT2D eigenvalue weighted by atomic mass is 16.5. The van der Waals surface area contributed by atoms with Crippen LogP contribution in [0.4, 0.5) is 0 Å². The smallest absolute Gasteiger partial charge is 0.302 e. The lowest BCUT2D eigenvalue weighted by Gasteiger charge is -2.62. The molecule has 0 heterocycles. The number of aliphatic hydroxyl groups excluding tert-OH is 1. The average Bonchev–Trinajstić information content (AvgIpc) is 3.23. The van der Waals surface area contributed by atoms with E-state index < -0.39 is 5.60 Å². The third-order valence-electron chi connectivity index (χ3n) is 11.0. The van der Waals surface area contributed by atoms with Crippen LogP contribution in [-0.2, 0) is 21.7 Å². The number of rotatable bonds is 5. The van der Waals surface area contributed by atoms with Crippen LogP contribution < -0.4 is 4.74 Å². The summed E-state index contributed by atoms with van der Waals surface area (Å²) in [5.74, 6) is 1.09. The Morgan fingerprint density at radius 2 is 1.69 bits per heavy atom. The summed E-state index contributed by atoms with van der Waals surface area (Å²) in [6, 6.07) is 18.1. The summed E-state index contributed by atoms with van der Waals surface area (Å²) in [7, 11) is 0. The molecule has 39 heavy (non-hydrogen) atoms. The molecule has 0 aromatic heterocycles. The molecule has 4 aliphatic rings. The molecular formula is C34H42O5. The first-order valence-corrected chi connectivity index (χ1v) is 14.7. The number of fused-ring (bicyclic) bond motifs is 5. The number of hydrogen-bond donors (Lipinski definition) is 2. The van der Waals surface area contributed by atoms with Gasteiger partial charge in [-0.25, -0.2) is 0 Å². The summed E-state index contributed by atoms with van der Waals surface area (Å²) in [6.07, 6.45) is 7.85. The Hall–Kier alpha value is -2.63. The van der Waals surface area contributed by atoms with Gasteiger partial charge in [-0.15, -0.1) is 0 Å². The van der Waals surface area contributed by atoms with Crippen LogP contribution in [-0.4, -0.2) is 28.4 Å². The molecule has 0 unspecified atom stereocenters. The van der Waals surface area contributed by atoms with E-state index in [0.717, 1.165) is 55.4 Å². The van der Waals surface area contributed by atoms with Gasteiger partial charge in [0.15, 0.2) is 0 Å². The van der Waals surface area contributed by atoms with Gasteiger partial charge in [-0.05, 0) is 90.5 Å². The van der Waals surface area contributed by atoms with E-state index in [4.69, 9.17) is 9.47 Å². The van der Waals surface area contributed by atoms with Gasteiger partial charge in [-0.2, -0.15) is 0 Å². The van der Waals surface area contributed by atoms with Crippen LogP contribution in [0.3, 0.4) is 0 Å². The van der Waals surface area contributed by atoms with Crippen molar-refractivity contribution in [3.05, 3.63) is 77.4 Å². The first-order chi connectivity index (χ1) is 18.6. The minimum absolute atomic E-state index is 0.0171. The molecule has 0 bridgehead atoms. The van der Waals surface area contributed by atoms with Gasteiger partial charge in [0.25, 0.3) is 0 Å². The Kier molecular flexibility index (Phi) is 6.67. The average molecular weight is 531 g/mol. The second-order valence-corrected chi connectivity index (χ2v) is 13.1. The molecule has 0 radical (unpaired) electrons. The highest BCUT2D eigenvalue weighted by Gasteiger charge is 2.64. The first-order valence-electron chi connectivity index (χ1n) is 14.7. The van der Waals surface area contributed by atoms with Crippen molar-refractivity contribution < 1.29 is 24.5 Å². The van der Waals surface area contributed by atoms with E-state index in [1.54, 1.807) is 0 Å². The zero-order chi connectivity index (χ0) is 27.4. The Balaban J connectivity index is 1.37. The predicted octanol–water partition coefficient (Wildman–Crippen LogP) is 6.32. The molecule has 4 aliphatic carbocycles. The molecule has 5 heteroatoms. The number of benzene rings is 2. The topological polar surface area (TPSA) is 76.0 Å². The van der Waals surface area contributed by atoms with E-state index in [1.807, 2.05) is 54.6 Å². The minimum atomic E-state index is -1.16. The number of ether oxygens (including phenoxy) is 2. The van der Waals surface area contributed by atoms with Crippen LogP contribution in [0.5, 0.6) is 5.75 Å². The Bertz CT molecular complexity index is 1240. The summed E-state index contributed by atoms with van der Waals surface area (Å²) in [5, 5.41) is 23.9. The summed E-state index contributed by atoms with van der Waals surface area (Å²) in [4.78, 5) is 11.8. The molecule has 208 valence electrons. The normalized spacial score (nSPS) is 39.1. The van der Waals surface area contributed by atoms with E-state index in [1.165, 1.54) is 12.5 Å². The van der Waals surface area contributed by atoms with E-state index >= 15 is 0 Å². The Morgan fingerprint density at radius 3 is 2.41 bits per heavy atom. The number of aliphatic hydroxyl groups is 2. The molecule has 8 atom stereocenters. The SMILES string of the molecule is CC(=O)O[C@H]1CC[C@@]2(C)C(=C[C@@](O)(c3ccc(OCc4ccccc4)cc3)[C@H]3[C@@H]4CC[C@H](O)[C@@]4(C)CC[C@@H]32)C1. The fourth-order valence-corrected chi connectivity index (χ4v) is 8.82. The molecular weight excluding hydrogens is 488 g/mol. The molecule has 0 saturated heterocycles. The van der Waals surface area contributed by atoms with Crippen molar-refractivity contribution in [1.29, 1.82) is 0 Å². The number of hydrogen-bond acceptors (Lipinski definition) is 5. The Morgan fingerprint density at radius 1 is 0.949 bits per heavy atom. The summed E-state index contributed by atoms with van der Waals surface area (Å²) < 4.78 is 11.7. The van der Waals surface area contributed by atoms with Crippen LogP contribution in [0, 0.1) is 28.6 Å². The van der Waals surface area contributed by atoms with E-state index in [-0.39, 0.29) is 40.8 Å². The lowest BCUT2D eigenvalue weighted by atomic mass is 9.44. The second-order valence-electron chi connectivity index (χ2n) is 13.1. The minimum Gasteiger partial charge on any atom is -0.489 e. The van der Waals surface area contributed by atoms with Crippen molar-refractivity contribution in [2.75, 3.05) is 0 Å². The molecule has 0 aliphatic heterocycles. The fourth-order valence-electron chi connectivity index (χ4n) is 8.82. The van der Waals surface area contributed by atoms with Gasteiger partial charge in [0.2, 0.25) is 0 Å². The molecule has 2 aromatic rings. The molecule has 0 spiro atoms. The van der Waals surface area contributed by atoms with Crippen LogP contribution in [0.2, 0.25) is 0 Å². The molecule has 6 rings (SSSR count). The van der Waals surface area contributed by atoms with Gasteiger partial charge in [-0.3, -0.25) is 4.79 Å².